The van der Waals surface area contributed by atoms with Gasteiger partial charge in [-0.05, 0) is 54.8 Å². The summed E-state index contributed by atoms with van der Waals surface area (Å²) < 4.78 is 5.10. The van der Waals surface area contributed by atoms with E-state index < -0.39 is 17.9 Å². The zero-order valence-corrected chi connectivity index (χ0v) is 19.3. The number of halogens is 1. The minimum atomic E-state index is -0.920. The lowest BCUT2D eigenvalue weighted by Crippen LogP contribution is -2.49. The molecule has 2 aromatic carbocycles. The van der Waals surface area contributed by atoms with E-state index in [2.05, 4.69) is 10.6 Å². The van der Waals surface area contributed by atoms with Crippen molar-refractivity contribution in [1.82, 2.24) is 10.6 Å². The van der Waals surface area contributed by atoms with E-state index in [9.17, 15) is 14.4 Å². The van der Waals surface area contributed by atoms with Gasteiger partial charge in [-0.15, -0.1) is 0 Å². The topological polar surface area (TPSA) is 91.7 Å². The van der Waals surface area contributed by atoms with Gasteiger partial charge in [0.05, 0.1) is 12.8 Å². The van der Waals surface area contributed by atoms with Crippen LogP contribution in [-0.4, -0.2) is 30.3 Å². The predicted molar refractivity (Wildman–Crippen MR) is 130 cm³/mol. The van der Waals surface area contributed by atoms with E-state index in [1.165, 1.54) is 17.2 Å². The molecule has 8 heteroatoms. The third-order valence-corrected chi connectivity index (χ3v) is 6.09. The van der Waals surface area contributed by atoms with Crippen molar-refractivity contribution in [3.63, 3.8) is 0 Å². The Bertz CT molecular complexity index is 1110. The molecule has 1 heterocycles. The van der Waals surface area contributed by atoms with E-state index in [-0.39, 0.29) is 24.3 Å². The van der Waals surface area contributed by atoms with Crippen molar-refractivity contribution in [2.45, 2.75) is 37.8 Å². The van der Waals surface area contributed by atoms with Crippen molar-refractivity contribution in [1.29, 1.82) is 0 Å². The molecule has 3 amide bonds. The molecule has 1 atom stereocenters. The maximum absolute atomic E-state index is 13.6. The normalized spacial score (nSPS) is 14.4. The highest BCUT2D eigenvalue weighted by Crippen LogP contribution is 2.30. The lowest BCUT2D eigenvalue weighted by atomic mass is 10.0. The molecule has 2 N–H and O–H groups in total. The number of rotatable bonds is 8. The zero-order valence-electron chi connectivity index (χ0n) is 18.6. The van der Waals surface area contributed by atoms with Crippen molar-refractivity contribution in [3.05, 3.63) is 89.3 Å². The molecule has 1 saturated carbocycles. The maximum atomic E-state index is 13.6. The van der Waals surface area contributed by atoms with E-state index >= 15 is 0 Å². The average molecular weight is 480 g/mol. The Balaban J connectivity index is 1.65. The third-order valence-electron chi connectivity index (χ3n) is 5.84. The summed E-state index contributed by atoms with van der Waals surface area (Å²) in [6.45, 7) is -0.317. The first-order valence-electron chi connectivity index (χ1n) is 11.3. The summed E-state index contributed by atoms with van der Waals surface area (Å²) >= 11 is 6.08. The van der Waals surface area contributed by atoms with E-state index in [1.807, 2.05) is 30.3 Å². The summed E-state index contributed by atoms with van der Waals surface area (Å²) in [5, 5.41) is 6.21. The molecule has 0 saturated heterocycles. The molecule has 0 unspecified atom stereocenters. The Morgan fingerprint density at radius 3 is 2.32 bits per heavy atom. The molecular formula is C26H26ClN3O4. The van der Waals surface area contributed by atoms with Crippen LogP contribution in [0, 0.1) is 0 Å². The fourth-order valence-electron chi connectivity index (χ4n) is 4.18. The highest BCUT2D eigenvalue weighted by molar-refractivity contribution is 6.30. The minimum absolute atomic E-state index is 0.0829. The fraction of sp³-hybridized carbons (Fsp3) is 0.269. The SMILES string of the molecule is O=C(NCC(=O)N(c1ccc(Cl)cc1)[C@H](C(=O)NC1CCCC1)c1ccccc1)c1ccco1. The highest BCUT2D eigenvalue weighted by Gasteiger charge is 2.34. The van der Waals surface area contributed by atoms with Gasteiger partial charge in [-0.25, -0.2) is 0 Å². The number of furan rings is 1. The lowest BCUT2D eigenvalue weighted by molar-refractivity contribution is -0.126. The summed E-state index contributed by atoms with van der Waals surface area (Å²) in [6.07, 6.45) is 5.36. The first kappa shape index (κ1) is 23.6. The summed E-state index contributed by atoms with van der Waals surface area (Å²) in [7, 11) is 0. The number of amides is 3. The summed E-state index contributed by atoms with van der Waals surface area (Å²) in [5.41, 5.74) is 1.16. The van der Waals surface area contributed by atoms with Crippen LogP contribution >= 0.6 is 11.6 Å². The van der Waals surface area contributed by atoms with Gasteiger partial charge in [0, 0.05) is 16.8 Å². The Morgan fingerprint density at radius 2 is 1.68 bits per heavy atom. The Labute approximate surface area is 203 Å². The van der Waals surface area contributed by atoms with Crippen LogP contribution in [0.25, 0.3) is 0 Å². The van der Waals surface area contributed by atoms with Crippen LogP contribution in [0.1, 0.15) is 47.8 Å². The van der Waals surface area contributed by atoms with Crippen LogP contribution in [0.15, 0.2) is 77.4 Å². The quantitative estimate of drug-likeness (QED) is 0.497. The Hall–Kier alpha value is -3.58. The van der Waals surface area contributed by atoms with E-state index in [0.717, 1.165) is 25.7 Å². The average Bonchev–Trinajstić information content (AvgIpc) is 3.57. The second kappa shape index (κ2) is 11.0. The molecule has 0 bridgehead atoms. The standard InChI is InChI=1S/C26H26ClN3O4/c27-19-12-14-21(15-13-19)30(23(31)17-28-25(32)22-11-6-16-34-22)24(18-7-2-1-3-8-18)26(33)29-20-9-4-5-10-20/h1-3,6-8,11-16,20,24H,4-5,9-10,17H2,(H,28,32)(H,29,33)/t24-/m0/s1. The fourth-order valence-corrected chi connectivity index (χ4v) is 4.30. The number of hydrogen-bond donors (Lipinski definition) is 2. The Morgan fingerprint density at radius 1 is 0.971 bits per heavy atom. The van der Waals surface area contributed by atoms with Crippen LogP contribution < -0.4 is 15.5 Å². The van der Waals surface area contributed by atoms with Crippen molar-refractivity contribution < 1.29 is 18.8 Å². The number of nitrogens with one attached hydrogen (secondary N) is 2. The predicted octanol–water partition coefficient (Wildman–Crippen LogP) is 4.50. The first-order valence-corrected chi connectivity index (χ1v) is 11.7. The van der Waals surface area contributed by atoms with Crippen LogP contribution in [0.2, 0.25) is 5.02 Å². The molecule has 1 aliphatic rings. The molecule has 1 fully saturated rings. The monoisotopic (exact) mass is 479 g/mol. The van der Waals surface area contributed by atoms with Crippen LogP contribution in [0.3, 0.4) is 0 Å². The van der Waals surface area contributed by atoms with Gasteiger partial charge in [0.1, 0.15) is 6.04 Å². The van der Waals surface area contributed by atoms with Crippen molar-refractivity contribution in [3.8, 4) is 0 Å². The van der Waals surface area contributed by atoms with E-state index in [4.69, 9.17) is 16.0 Å². The van der Waals surface area contributed by atoms with Crippen LogP contribution in [0.4, 0.5) is 5.69 Å². The number of carbonyl (C=O) groups excluding carboxylic acids is 3. The second-order valence-corrected chi connectivity index (χ2v) is 8.64. The first-order chi connectivity index (χ1) is 16.5. The van der Waals surface area contributed by atoms with Crippen molar-refractivity contribution in [2.75, 3.05) is 11.4 Å². The van der Waals surface area contributed by atoms with Crippen molar-refractivity contribution >= 4 is 35.0 Å². The van der Waals surface area contributed by atoms with Gasteiger partial charge in [-0.2, -0.15) is 0 Å². The lowest BCUT2D eigenvalue weighted by Gasteiger charge is -2.32. The second-order valence-electron chi connectivity index (χ2n) is 8.20. The summed E-state index contributed by atoms with van der Waals surface area (Å²) in [4.78, 5) is 40.9. The molecule has 0 aliphatic heterocycles. The maximum Gasteiger partial charge on any atom is 0.287 e. The molecule has 0 spiro atoms. The Kier molecular flexibility index (Phi) is 7.65. The number of anilines is 1. The molecular weight excluding hydrogens is 454 g/mol. The smallest absolute Gasteiger partial charge is 0.287 e. The van der Waals surface area contributed by atoms with Gasteiger partial charge < -0.3 is 15.1 Å². The zero-order chi connectivity index (χ0) is 23.9. The summed E-state index contributed by atoms with van der Waals surface area (Å²) in [6, 6.07) is 18.1. The molecule has 1 aliphatic carbocycles. The number of benzene rings is 2. The van der Waals surface area contributed by atoms with E-state index in [1.54, 1.807) is 30.3 Å². The number of carbonyl (C=O) groups is 3. The third kappa shape index (κ3) is 5.66. The number of hydrogen-bond acceptors (Lipinski definition) is 4. The molecule has 1 aromatic heterocycles. The molecule has 176 valence electrons. The van der Waals surface area contributed by atoms with Gasteiger partial charge in [0.2, 0.25) is 11.8 Å². The van der Waals surface area contributed by atoms with Crippen molar-refractivity contribution in [2.24, 2.45) is 0 Å². The summed E-state index contributed by atoms with van der Waals surface area (Å²) in [5.74, 6) is -1.12. The largest absolute Gasteiger partial charge is 0.459 e. The minimum Gasteiger partial charge on any atom is -0.459 e. The van der Waals surface area contributed by atoms with E-state index in [0.29, 0.717) is 16.3 Å². The molecule has 0 radical (unpaired) electrons. The highest BCUT2D eigenvalue weighted by atomic mass is 35.5. The van der Waals surface area contributed by atoms with Gasteiger partial charge >= 0.3 is 0 Å². The molecule has 3 aromatic rings. The van der Waals surface area contributed by atoms with Gasteiger partial charge in [-0.1, -0.05) is 54.8 Å². The van der Waals surface area contributed by atoms with Gasteiger partial charge in [0.15, 0.2) is 5.76 Å². The van der Waals surface area contributed by atoms with Crippen LogP contribution in [-0.2, 0) is 9.59 Å². The number of nitrogens with zero attached hydrogens (tertiary/aromatic N) is 1. The van der Waals surface area contributed by atoms with Gasteiger partial charge in [-0.3, -0.25) is 19.3 Å². The molecule has 34 heavy (non-hydrogen) atoms. The molecule has 4 rings (SSSR count). The molecule has 7 nitrogen and oxygen atoms in total. The van der Waals surface area contributed by atoms with Crippen LogP contribution in [0.5, 0.6) is 0 Å². The van der Waals surface area contributed by atoms with Gasteiger partial charge in [0.25, 0.3) is 5.91 Å².